The summed E-state index contributed by atoms with van der Waals surface area (Å²) in [7, 11) is 3.52. The molecule has 2 aromatic rings. The van der Waals surface area contributed by atoms with Crippen LogP contribution in [0.15, 0.2) is 6.33 Å². The predicted molar refractivity (Wildman–Crippen MR) is 47.5 cm³/mol. The predicted octanol–water partition coefficient (Wildman–Crippen LogP) is 0.111. The van der Waals surface area contributed by atoms with E-state index < -0.39 is 0 Å². The van der Waals surface area contributed by atoms with Crippen LogP contribution in [0.25, 0.3) is 11.2 Å². The Morgan fingerprint density at radius 3 is 2.92 bits per heavy atom. The van der Waals surface area contributed by atoms with Crippen molar-refractivity contribution in [1.82, 2.24) is 19.5 Å². The molecule has 68 valence electrons. The zero-order chi connectivity index (χ0) is 9.42. The first-order valence-electron chi connectivity index (χ1n) is 3.78. The average molecular weight is 179 g/mol. The van der Waals surface area contributed by atoms with E-state index >= 15 is 0 Å². The molecule has 0 radical (unpaired) electrons. The topological polar surface area (TPSA) is 75.9 Å². The third kappa shape index (κ3) is 1.07. The van der Waals surface area contributed by atoms with Crippen LogP contribution in [-0.4, -0.2) is 31.7 Å². The van der Waals surface area contributed by atoms with Gasteiger partial charge in [-0.25, -0.2) is 4.98 Å². The van der Waals surface area contributed by atoms with Crippen molar-refractivity contribution in [3.05, 3.63) is 6.33 Å². The Kier molecular flexibility index (Phi) is 1.54. The summed E-state index contributed by atoms with van der Waals surface area (Å²) in [6.07, 6.45) is 1.62. The molecule has 0 saturated heterocycles. The van der Waals surface area contributed by atoms with E-state index in [0.29, 0.717) is 17.0 Å². The summed E-state index contributed by atoms with van der Waals surface area (Å²) in [5, 5.41) is 12.0. The molecule has 2 N–H and O–H groups in total. The minimum Gasteiger partial charge on any atom is -0.479 e. The lowest BCUT2D eigenvalue weighted by molar-refractivity contribution is 0.433. The van der Waals surface area contributed by atoms with Gasteiger partial charge in [0.2, 0.25) is 0 Å². The number of nitrogens with zero attached hydrogens (tertiary/aromatic N) is 4. The molecule has 0 unspecified atom stereocenters. The number of fused-ring (bicyclic) bond motifs is 1. The standard InChI is InChI=1S/C7H9N5O/c1-8-5-4-6(11-7(13)10-5)12(2)3-9-4/h3H,1-2H3,(H2,8,10,11,13). The SMILES string of the molecule is CNc1nc(O)nc2c1ncn2C. The van der Waals surface area contributed by atoms with E-state index in [9.17, 15) is 5.11 Å². The summed E-state index contributed by atoms with van der Waals surface area (Å²) in [6, 6.07) is -0.250. The molecule has 0 aliphatic carbocycles. The molecule has 6 nitrogen and oxygen atoms in total. The molecule has 0 saturated carbocycles. The van der Waals surface area contributed by atoms with Crippen LogP contribution in [-0.2, 0) is 7.05 Å². The van der Waals surface area contributed by atoms with E-state index in [1.54, 1.807) is 25.0 Å². The number of hydrogen-bond acceptors (Lipinski definition) is 5. The molecule has 0 fully saturated rings. The first kappa shape index (κ1) is 7.78. The molecule has 0 aromatic carbocycles. The summed E-state index contributed by atoms with van der Waals surface area (Å²) < 4.78 is 1.72. The number of hydrogen-bond donors (Lipinski definition) is 2. The maximum Gasteiger partial charge on any atom is 0.317 e. The number of nitrogens with one attached hydrogen (secondary N) is 1. The number of aromatic hydroxyl groups is 1. The smallest absolute Gasteiger partial charge is 0.317 e. The highest BCUT2D eigenvalue weighted by Gasteiger charge is 2.09. The third-order valence-corrected chi connectivity index (χ3v) is 1.78. The Labute approximate surface area is 74.3 Å². The second-order valence-electron chi connectivity index (χ2n) is 2.65. The van der Waals surface area contributed by atoms with Crippen molar-refractivity contribution in [3.8, 4) is 6.01 Å². The molecule has 0 aliphatic heterocycles. The molecule has 13 heavy (non-hydrogen) atoms. The Morgan fingerprint density at radius 2 is 2.23 bits per heavy atom. The monoisotopic (exact) mass is 179 g/mol. The largest absolute Gasteiger partial charge is 0.479 e. The molecule has 0 atom stereocenters. The van der Waals surface area contributed by atoms with Crippen LogP contribution in [0.5, 0.6) is 6.01 Å². The van der Waals surface area contributed by atoms with Crippen LogP contribution < -0.4 is 5.32 Å². The number of imidazole rings is 1. The van der Waals surface area contributed by atoms with Gasteiger partial charge in [0, 0.05) is 14.1 Å². The van der Waals surface area contributed by atoms with Crippen molar-refractivity contribution in [1.29, 1.82) is 0 Å². The van der Waals surface area contributed by atoms with E-state index in [1.807, 2.05) is 0 Å². The first-order valence-corrected chi connectivity index (χ1v) is 3.78. The molecule has 2 rings (SSSR count). The lowest BCUT2D eigenvalue weighted by Crippen LogP contribution is -1.96. The third-order valence-electron chi connectivity index (χ3n) is 1.78. The molecule has 2 heterocycles. The van der Waals surface area contributed by atoms with Gasteiger partial charge >= 0.3 is 6.01 Å². The van der Waals surface area contributed by atoms with Crippen LogP contribution >= 0.6 is 0 Å². The summed E-state index contributed by atoms with van der Waals surface area (Å²) >= 11 is 0. The molecule has 6 heteroatoms. The van der Waals surface area contributed by atoms with Gasteiger partial charge < -0.3 is 15.0 Å². The number of rotatable bonds is 1. The Morgan fingerprint density at radius 1 is 1.46 bits per heavy atom. The van der Waals surface area contributed by atoms with E-state index in [1.165, 1.54) is 0 Å². The normalized spacial score (nSPS) is 10.6. The Balaban J connectivity index is 2.84. The van der Waals surface area contributed by atoms with E-state index in [2.05, 4.69) is 20.3 Å². The van der Waals surface area contributed by atoms with Crippen LogP contribution in [0.1, 0.15) is 0 Å². The van der Waals surface area contributed by atoms with Gasteiger partial charge in [-0.15, -0.1) is 0 Å². The molecule has 0 spiro atoms. The van der Waals surface area contributed by atoms with Gasteiger partial charge in [-0.05, 0) is 0 Å². The van der Waals surface area contributed by atoms with Crippen molar-refractivity contribution in [2.75, 3.05) is 12.4 Å². The fraction of sp³-hybridized carbons (Fsp3) is 0.286. The van der Waals surface area contributed by atoms with Gasteiger partial charge in [0.05, 0.1) is 6.33 Å². The molecule has 0 aliphatic rings. The quantitative estimate of drug-likeness (QED) is 0.649. The minimum absolute atomic E-state index is 0.250. The highest BCUT2D eigenvalue weighted by molar-refractivity contribution is 5.83. The average Bonchev–Trinajstić information content (AvgIpc) is 2.47. The molecule has 2 aromatic heterocycles. The van der Waals surface area contributed by atoms with Crippen molar-refractivity contribution in [3.63, 3.8) is 0 Å². The highest BCUT2D eigenvalue weighted by Crippen LogP contribution is 2.19. The van der Waals surface area contributed by atoms with Crippen LogP contribution in [0, 0.1) is 0 Å². The number of aryl methyl sites for hydroxylation is 1. The van der Waals surface area contributed by atoms with Crippen molar-refractivity contribution in [2.45, 2.75) is 0 Å². The number of aromatic nitrogens is 4. The Bertz CT molecular complexity index is 449. The lowest BCUT2D eigenvalue weighted by Gasteiger charge is -2.00. The summed E-state index contributed by atoms with van der Waals surface area (Å²) in [4.78, 5) is 11.7. The fourth-order valence-electron chi connectivity index (χ4n) is 1.17. The van der Waals surface area contributed by atoms with Crippen LogP contribution in [0.4, 0.5) is 5.82 Å². The van der Waals surface area contributed by atoms with Gasteiger partial charge in [-0.3, -0.25) is 0 Å². The fourth-order valence-corrected chi connectivity index (χ4v) is 1.17. The molecular formula is C7H9N5O. The molecule has 0 amide bonds. The van der Waals surface area contributed by atoms with Crippen LogP contribution in [0.2, 0.25) is 0 Å². The summed E-state index contributed by atoms with van der Waals surface area (Å²) in [6.45, 7) is 0. The summed E-state index contributed by atoms with van der Waals surface area (Å²) in [5.74, 6) is 0.531. The number of anilines is 1. The van der Waals surface area contributed by atoms with Crippen molar-refractivity contribution < 1.29 is 5.11 Å². The maximum atomic E-state index is 9.18. The van der Waals surface area contributed by atoms with Gasteiger partial charge in [-0.2, -0.15) is 9.97 Å². The summed E-state index contributed by atoms with van der Waals surface area (Å²) in [5.41, 5.74) is 1.26. The molecular weight excluding hydrogens is 170 g/mol. The second kappa shape index (κ2) is 2.58. The van der Waals surface area contributed by atoms with E-state index in [0.717, 1.165) is 0 Å². The van der Waals surface area contributed by atoms with E-state index in [4.69, 9.17) is 0 Å². The zero-order valence-corrected chi connectivity index (χ0v) is 7.31. The van der Waals surface area contributed by atoms with Crippen LogP contribution in [0.3, 0.4) is 0 Å². The maximum absolute atomic E-state index is 9.18. The van der Waals surface area contributed by atoms with Gasteiger partial charge in [0.1, 0.15) is 0 Å². The highest BCUT2D eigenvalue weighted by atomic mass is 16.3. The van der Waals surface area contributed by atoms with Gasteiger partial charge in [0.15, 0.2) is 17.0 Å². The zero-order valence-electron chi connectivity index (χ0n) is 7.31. The van der Waals surface area contributed by atoms with Gasteiger partial charge in [-0.1, -0.05) is 0 Å². The van der Waals surface area contributed by atoms with Crippen molar-refractivity contribution >= 4 is 17.0 Å². The Hall–Kier alpha value is -1.85. The lowest BCUT2D eigenvalue weighted by atomic mass is 10.5. The van der Waals surface area contributed by atoms with Gasteiger partial charge in [0.25, 0.3) is 0 Å². The first-order chi connectivity index (χ1) is 6.22. The van der Waals surface area contributed by atoms with Crippen molar-refractivity contribution in [2.24, 2.45) is 7.05 Å². The van der Waals surface area contributed by atoms with E-state index in [-0.39, 0.29) is 6.01 Å². The second-order valence-corrected chi connectivity index (χ2v) is 2.65. The molecule has 0 bridgehead atoms. The minimum atomic E-state index is -0.250.